The van der Waals surface area contributed by atoms with Gasteiger partial charge in [-0.25, -0.2) is 0 Å². The molecule has 1 saturated carbocycles. The molecular formula is C10H16N2O3S. The number of ether oxygens (including phenoxy) is 1. The van der Waals surface area contributed by atoms with E-state index in [0.29, 0.717) is 19.4 Å². The number of thiocarbonyl (C=S) groups is 1. The standard InChI is InChI=1S/C10H16N2O3S/c1-2-15-9(14)8-6(3-4-7(8)13)5-12-10(11)16/h6,8H,2-5H2,1H3,(H3,11,12,16)/t6-,8?/m0/s1. The van der Waals surface area contributed by atoms with Crippen LogP contribution in [0.5, 0.6) is 0 Å². The number of carbonyl (C=O) groups is 2. The van der Waals surface area contributed by atoms with Crippen molar-refractivity contribution in [2.24, 2.45) is 17.6 Å². The average Bonchev–Trinajstić information content (AvgIpc) is 2.57. The van der Waals surface area contributed by atoms with Crippen LogP contribution in [0.3, 0.4) is 0 Å². The van der Waals surface area contributed by atoms with Crippen LogP contribution in [0.1, 0.15) is 19.8 Å². The number of hydrogen-bond acceptors (Lipinski definition) is 4. The molecule has 0 amide bonds. The molecule has 0 aromatic rings. The van der Waals surface area contributed by atoms with Gasteiger partial charge in [0.2, 0.25) is 0 Å². The van der Waals surface area contributed by atoms with Gasteiger partial charge in [0.25, 0.3) is 0 Å². The summed E-state index contributed by atoms with van der Waals surface area (Å²) in [5, 5.41) is 2.97. The lowest BCUT2D eigenvalue weighted by Gasteiger charge is -2.17. The Balaban J connectivity index is 2.58. The van der Waals surface area contributed by atoms with Crippen molar-refractivity contribution in [1.29, 1.82) is 0 Å². The molecule has 1 unspecified atom stereocenters. The fraction of sp³-hybridized carbons (Fsp3) is 0.700. The summed E-state index contributed by atoms with van der Waals surface area (Å²) in [4.78, 5) is 23.1. The van der Waals surface area contributed by atoms with Crippen molar-refractivity contribution in [3.05, 3.63) is 0 Å². The minimum absolute atomic E-state index is 0.0480. The van der Waals surface area contributed by atoms with E-state index in [2.05, 4.69) is 17.5 Å². The molecule has 0 saturated heterocycles. The van der Waals surface area contributed by atoms with E-state index in [1.165, 1.54) is 0 Å². The smallest absolute Gasteiger partial charge is 0.316 e. The SMILES string of the molecule is CCOC(=O)C1C(=O)CC[C@H]1CNC(N)=S. The van der Waals surface area contributed by atoms with E-state index in [4.69, 9.17) is 10.5 Å². The largest absolute Gasteiger partial charge is 0.465 e. The molecule has 1 aliphatic rings. The second-order valence-corrected chi connectivity index (χ2v) is 4.18. The minimum Gasteiger partial charge on any atom is -0.465 e. The first-order valence-electron chi connectivity index (χ1n) is 5.29. The summed E-state index contributed by atoms with van der Waals surface area (Å²) in [5.41, 5.74) is 5.30. The molecule has 1 rings (SSSR count). The maximum atomic E-state index is 11.6. The molecule has 0 heterocycles. The lowest BCUT2D eigenvalue weighted by Crippen LogP contribution is -2.37. The molecule has 1 aliphatic carbocycles. The summed E-state index contributed by atoms with van der Waals surface area (Å²) in [5.74, 6) is -1.19. The number of carbonyl (C=O) groups excluding carboxylic acids is 2. The fourth-order valence-corrected chi connectivity index (χ4v) is 2.00. The first-order chi connectivity index (χ1) is 7.56. The molecule has 6 heteroatoms. The molecule has 0 aromatic heterocycles. The molecule has 90 valence electrons. The number of ketones is 1. The van der Waals surface area contributed by atoms with Gasteiger partial charge < -0.3 is 15.8 Å². The van der Waals surface area contributed by atoms with Gasteiger partial charge in [-0.05, 0) is 31.5 Å². The quantitative estimate of drug-likeness (QED) is 0.411. The number of rotatable bonds is 4. The zero-order valence-corrected chi connectivity index (χ0v) is 10.0. The van der Waals surface area contributed by atoms with Gasteiger partial charge in [0.1, 0.15) is 11.7 Å². The van der Waals surface area contributed by atoms with Crippen molar-refractivity contribution in [3.63, 3.8) is 0 Å². The monoisotopic (exact) mass is 244 g/mol. The van der Waals surface area contributed by atoms with Gasteiger partial charge in [-0.15, -0.1) is 0 Å². The molecule has 0 aliphatic heterocycles. The summed E-state index contributed by atoms with van der Waals surface area (Å²) in [6.07, 6.45) is 1.10. The Labute approximate surface area is 99.7 Å². The number of nitrogens with one attached hydrogen (secondary N) is 1. The van der Waals surface area contributed by atoms with Crippen molar-refractivity contribution >= 4 is 29.1 Å². The van der Waals surface area contributed by atoms with Gasteiger partial charge in [-0.2, -0.15) is 0 Å². The Bertz CT molecular complexity index is 306. The van der Waals surface area contributed by atoms with Gasteiger partial charge in [-0.3, -0.25) is 9.59 Å². The second-order valence-electron chi connectivity index (χ2n) is 3.74. The number of nitrogens with two attached hydrogens (primary N) is 1. The third-order valence-electron chi connectivity index (χ3n) is 2.66. The van der Waals surface area contributed by atoms with Gasteiger partial charge in [-0.1, -0.05) is 0 Å². The summed E-state index contributed by atoms with van der Waals surface area (Å²) in [7, 11) is 0. The summed E-state index contributed by atoms with van der Waals surface area (Å²) in [6, 6.07) is 0. The molecule has 2 atom stereocenters. The summed E-state index contributed by atoms with van der Waals surface area (Å²) in [6.45, 7) is 2.46. The number of Topliss-reactive ketones (excluding diaryl/α,β-unsaturated/α-hetero) is 1. The average molecular weight is 244 g/mol. The second kappa shape index (κ2) is 5.79. The van der Waals surface area contributed by atoms with Gasteiger partial charge in [0.15, 0.2) is 5.11 Å². The summed E-state index contributed by atoms with van der Waals surface area (Å²) < 4.78 is 4.88. The molecule has 16 heavy (non-hydrogen) atoms. The topological polar surface area (TPSA) is 81.4 Å². The van der Waals surface area contributed by atoms with Crippen molar-refractivity contribution < 1.29 is 14.3 Å². The highest BCUT2D eigenvalue weighted by Gasteiger charge is 2.40. The molecule has 3 N–H and O–H groups in total. The maximum Gasteiger partial charge on any atom is 0.316 e. The molecule has 0 bridgehead atoms. The van der Waals surface area contributed by atoms with E-state index >= 15 is 0 Å². The molecule has 0 radical (unpaired) electrons. The normalized spacial score (nSPS) is 24.2. The Morgan fingerprint density at radius 2 is 2.38 bits per heavy atom. The van der Waals surface area contributed by atoms with Crippen LogP contribution < -0.4 is 11.1 Å². The van der Waals surface area contributed by atoms with Crippen molar-refractivity contribution in [2.45, 2.75) is 19.8 Å². The molecular weight excluding hydrogens is 228 g/mol. The van der Waals surface area contributed by atoms with Crippen LogP contribution in [0.4, 0.5) is 0 Å². The zero-order valence-electron chi connectivity index (χ0n) is 9.19. The van der Waals surface area contributed by atoms with E-state index in [1.54, 1.807) is 6.92 Å². The van der Waals surface area contributed by atoms with Crippen LogP contribution >= 0.6 is 12.2 Å². The van der Waals surface area contributed by atoms with Crippen molar-refractivity contribution in [1.82, 2.24) is 5.32 Å². The van der Waals surface area contributed by atoms with Crippen molar-refractivity contribution in [3.8, 4) is 0 Å². The van der Waals surface area contributed by atoms with Crippen LogP contribution in [-0.2, 0) is 14.3 Å². The maximum absolute atomic E-state index is 11.6. The predicted molar refractivity (Wildman–Crippen MR) is 62.6 cm³/mol. The van der Waals surface area contributed by atoms with Gasteiger partial charge in [0.05, 0.1) is 6.61 Å². The lowest BCUT2D eigenvalue weighted by atomic mass is 9.95. The third-order valence-corrected chi connectivity index (χ3v) is 2.80. The van der Waals surface area contributed by atoms with Crippen LogP contribution in [0, 0.1) is 11.8 Å². The van der Waals surface area contributed by atoms with Gasteiger partial charge in [0, 0.05) is 13.0 Å². The number of hydrogen-bond donors (Lipinski definition) is 2. The van der Waals surface area contributed by atoms with Gasteiger partial charge >= 0.3 is 5.97 Å². The Kier molecular flexibility index (Phi) is 4.67. The lowest BCUT2D eigenvalue weighted by molar-refractivity contribution is -0.151. The van der Waals surface area contributed by atoms with E-state index in [1.807, 2.05) is 0 Å². The van der Waals surface area contributed by atoms with Crippen molar-refractivity contribution in [2.75, 3.05) is 13.2 Å². The Morgan fingerprint density at radius 3 is 2.94 bits per heavy atom. The van der Waals surface area contributed by atoms with Crippen LogP contribution in [0.25, 0.3) is 0 Å². The first-order valence-corrected chi connectivity index (χ1v) is 5.69. The molecule has 0 spiro atoms. The Morgan fingerprint density at radius 1 is 1.69 bits per heavy atom. The van der Waals surface area contributed by atoms with Crippen LogP contribution in [0.2, 0.25) is 0 Å². The predicted octanol–water partition coefficient (Wildman–Crippen LogP) is -0.0220. The highest BCUT2D eigenvalue weighted by Crippen LogP contribution is 2.29. The zero-order chi connectivity index (χ0) is 12.1. The van der Waals surface area contributed by atoms with E-state index in [-0.39, 0.29) is 23.4 Å². The fourth-order valence-electron chi connectivity index (χ4n) is 1.92. The highest BCUT2D eigenvalue weighted by atomic mass is 32.1. The Hall–Kier alpha value is -1.17. The number of esters is 1. The molecule has 5 nitrogen and oxygen atoms in total. The molecule has 0 aromatic carbocycles. The first kappa shape index (κ1) is 12.9. The minimum atomic E-state index is -0.651. The third kappa shape index (κ3) is 3.16. The van der Waals surface area contributed by atoms with Crippen LogP contribution in [-0.4, -0.2) is 30.0 Å². The summed E-state index contributed by atoms with van der Waals surface area (Å²) >= 11 is 4.68. The highest BCUT2D eigenvalue weighted by molar-refractivity contribution is 7.80. The van der Waals surface area contributed by atoms with E-state index in [9.17, 15) is 9.59 Å². The van der Waals surface area contributed by atoms with E-state index < -0.39 is 11.9 Å². The van der Waals surface area contributed by atoms with Crippen LogP contribution in [0.15, 0.2) is 0 Å². The molecule has 1 fully saturated rings. The van der Waals surface area contributed by atoms with E-state index in [0.717, 1.165) is 0 Å².